The van der Waals surface area contributed by atoms with Crippen LogP contribution in [0, 0.1) is 0 Å². The summed E-state index contributed by atoms with van der Waals surface area (Å²) in [5.41, 5.74) is 6.12. The van der Waals surface area contributed by atoms with Crippen LogP contribution >= 0.6 is 27.5 Å². The van der Waals surface area contributed by atoms with E-state index in [2.05, 4.69) is 36.2 Å². The van der Waals surface area contributed by atoms with E-state index in [9.17, 15) is 4.79 Å². The SMILES string of the molecule is Nc1cnc(Cl)cc1C(=O)Nc1cnc(Br)cn1. The van der Waals surface area contributed by atoms with Gasteiger partial charge in [0.1, 0.15) is 9.76 Å². The molecule has 1 amide bonds. The van der Waals surface area contributed by atoms with E-state index < -0.39 is 5.91 Å². The lowest BCUT2D eigenvalue weighted by molar-refractivity contribution is 0.102. The zero-order chi connectivity index (χ0) is 13.1. The molecule has 3 N–H and O–H groups in total. The molecule has 2 aromatic rings. The number of nitrogens with two attached hydrogens (primary N) is 1. The van der Waals surface area contributed by atoms with E-state index in [1.54, 1.807) is 0 Å². The number of nitrogens with one attached hydrogen (secondary N) is 1. The molecule has 0 radical (unpaired) electrons. The van der Waals surface area contributed by atoms with E-state index in [1.807, 2.05) is 0 Å². The Morgan fingerprint density at radius 1 is 1.28 bits per heavy atom. The van der Waals surface area contributed by atoms with Gasteiger partial charge >= 0.3 is 0 Å². The highest BCUT2D eigenvalue weighted by Gasteiger charge is 2.12. The van der Waals surface area contributed by atoms with Gasteiger partial charge in [-0.1, -0.05) is 11.6 Å². The maximum absolute atomic E-state index is 11.9. The predicted molar refractivity (Wildman–Crippen MR) is 71.3 cm³/mol. The third-order valence-corrected chi connectivity index (χ3v) is 2.62. The summed E-state index contributed by atoms with van der Waals surface area (Å²) >= 11 is 8.85. The molecule has 0 aliphatic heterocycles. The molecule has 0 aromatic carbocycles. The number of halogens is 2. The van der Waals surface area contributed by atoms with E-state index in [4.69, 9.17) is 17.3 Å². The Balaban J connectivity index is 2.21. The van der Waals surface area contributed by atoms with Crippen LogP contribution in [0.4, 0.5) is 11.5 Å². The number of rotatable bonds is 2. The predicted octanol–water partition coefficient (Wildman–Crippen LogP) is 2.12. The summed E-state index contributed by atoms with van der Waals surface area (Å²) in [6, 6.07) is 1.39. The maximum Gasteiger partial charge on any atom is 0.259 e. The second kappa shape index (κ2) is 5.28. The highest BCUT2D eigenvalue weighted by Crippen LogP contribution is 2.16. The Morgan fingerprint density at radius 2 is 2.06 bits per heavy atom. The largest absolute Gasteiger partial charge is 0.397 e. The number of anilines is 2. The molecular weight excluding hydrogens is 322 g/mol. The summed E-state index contributed by atoms with van der Waals surface area (Å²) in [4.78, 5) is 23.6. The van der Waals surface area contributed by atoms with Crippen molar-refractivity contribution in [3.05, 3.63) is 40.0 Å². The van der Waals surface area contributed by atoms with Crippen LogP contribution in [0.5, 0.6) is 0 Å². The fourth-order valence-electron chi connectivity index (χ4n) is 1.20. The van der Waals surface area contributed by atoms with Gasteiger partial charge in [-0.2, -0.15) is 0 Å². The van der Waals surface area contributed by atoms with Crippen LogP contribution in [0.1, 0.15) is 10.4 Å². The summed E-state index contributed by atoms with van der Waals surface area (Å²) < 4.78 is 0.576. The highest BCUT2D eigenvalue weighted by molar-refractivity contribution is 9.10. The molecule has 0 bridgehead atoms. The van der Waals surface area contributed by atoms with Crippen LogP contribution in [0.15, 0.2) is 29.3 Å². The van der Waals surface area contributed by atoms with Gasteiger partial charge in [0.25, 0.3) is 5.91 Å². The molecule has 2 rings (SSSR count). The van der Waals surface area contributed by atoms with Gasteiger partial charge in [0.05, 0.1) is 29.8 Å². The van der Waals surface area contributed by atoms with Gasteiger partial charge in [-0.15, -0.1) is 0 Å². The van der Waals surface area contributed by atoms with E-state index in [0.717, 1.165) is 0 Å². The second-order valence-corrected chi connectivity index (χ2v) is 4.47. The summed E-state index contributed by atoms with van der Waals surface area (Å²) in [6.45, 7) is 0. The van der Waals surface area contributed by atoms with Crippen molar-refractivity contribution < 1.29 is 4.79 Å². The van der Waals surface area contributed by atoms with Gasteiger partial charge in [0, 0.05) is 0 Å². The lowest BCUT2D eigenvalue weighted by Crippen LogP contribution is -2.15. The number of nitrogen functional groups attached to an aromatic ring is 1. The quantitative estimate of drug-likeness (QED) is 0.824. The highest BCUT2D eigenvalue weighted by atomic mass is 79.9. The molecule has 2 aromatic heterocycles. The van der Waals surface area contributed by atoms with Crippen molar-refractivity contribution in [2.75, 3.05) is 11.1 Å². The first kappa shape index (κ1) is 12.7. The van der Waals surface area contributed by atoms with Crippen molar-refractivity contribution in [3.63, 3.8) is 0 Å². The lowest BCUT2D eigenvalue weighted by Gasteiger charge is -2.06. The number of pyridine rings is 1. The van der Waals surface area contributed by atoms with Crippen LogP contribution in [-0.2, 0) is 0 Å². The molecular formula is C10H7BrClN5O. The van der Waals surface area contributed by atoms with Crippen molar-refractivity contribution in [1.82, 2.24) is 15.0 Å². The average molecular weight is 329 g/mol. The van der Waals surface area contributed by atoms with Gasteiger partial charge in [-0.05, 0) is 22.0 Å². The van der Waals surface area contributed by atoms with E-state index in [1.165, 1.54) is 24.7 Å². The topological polar surface area (TPSA) is 93.8 Å². The summed E-state index contributed by atoms with van der Waals surface area (Å²) in [7, 11) is 0. The molecule has 0 spiro atoms. The molecule has 8 heteroatoms. The van der Waals surface area contributed by atoms with E-state index in [-0.39, 0.29) is 16.4 Å². The Hall–Kier alpha value is -1.73. The van der Waals surface area contributed by atoms with Gasteiger partial charge in [0.15, 0.2) is 5.82 Å². The Kier molecular flexibility index (Phi) is 3.73. The van der Waals surface area contributed by atoms with Crippen LogP contribution in [0.25, 0.3) is 0 Å². The monoisotopic (exact) mass is 327 g/mol. The minimum Gasteiger partial charge on any atom is -0.397 e. The summed E-state index contributed by atoms with van der Waals surface area (Å²) in [5, 5.41) is 2.74. The molecule has 92 valence electrons. The Labute approximate surface area is 116 Å². The van der Waals surface area contributed by atoms with Gasteiger partial charge in [0.2, 0.25) is 0 Å². The molecule has 0 saturated heterocycles. The first-order valence-corrected chi connectivity index (χ1v) is 5.93. The number of carbonyl (C=O) groups excluding carboxylic acids is 1. The van der Waals surface area contributed by atoms with Crippen LogP contribution in [0.2, 0.25) is 5.15 Å². The normalized spacial score (nSPS) is 10.1. The van der Waals surface area contributed by atoms with Crippen molar-refractivity contribution >= 4 is 44.9 Å². The van der Waals surface area contributed by atoms with Crippen molar-refractivity contribution in [2.24, 2.45) is 0 Å². The van der Waals surface area contributed by atoms with Crippen molar-refractivity contribution in [1.29, 1.82) is 0 Å². The lowest BCUT2D eigenvalue weighted by atomic mass is 10.2. The summed E-state index contributed by atoms with van der Waals surface area (Å²) in [5.74, 6) is -0.107. The summed E-state index contributed by atoms with van der Waals surface area (Å²) in [6.07, 6.45) is 4.21. The Morgan fingerprint density at radius 3 is 2.72 bits per heavy atom. The number of amides is 1. The Bertz CT molecular complexity index is 589. The zero-order valence-electron chi connectivity index (χ0n) is 8.89. The second-order valence-electron chi connectivity index (χ2n) is 3.27. The number of carbonyl (C=O) groups is 1. The first-order chi connectivity index (χ1) is 8.56. The number of hydrogen-bond acceptors (Lipinski definition) is 5. The minimum absolute atomic E-state index is 0.191. The molecule has 0 saturated carbocycles. The fraction of sp³-hybridized carbons (Fsp3) is 0. The van der Waals surface area contributed by atoms with Gasteiger partial charge in [-0.3, -0.25) is 4.79 Å². The van der Waals surface area contributed by atoms with Crippen LogP contribution in [-0.4, -0.2) is 20.9 Å². The van der Waals surface area contributed by atoms with Gasteiger partial charge in [-0.25, -0.2) is 15.0 Å². The van der Waals surface area contributed by atoms with Crippen molar-refractivity contribution in [3.8, 4) is 0 Å². The first-order valence-electron chi connectivity index (χ1n) is 4.76. The minimum atomic E-state index is -0.423. The third kappa shape index (κ3) is 2.93. The maximum atomic E-state index is 11.9. The van der Waals surface area contributed by atoms with Crippen LogP contribution in [0.3, 0.4) is 0 Å². The average Bonchev–Trinajstić information content (AvgIpc) is 2.35. The van der Waals surface area contributed by atoms with E-state index >= 15 is 0 Å². The smallest absolute Gasteiger partial charge is 0.259 e. The zero-order valence-corrected chi connectivity index (χ0v) is 11.2. The molecule has 18 heavy (non-hydrogen) atoms. The molecule has 0 aliphatic rings. The third-order valence-electron chi connectivity index (χ3n) is 2.01. The molecule has 0 fully saturated rings. The molecule has 6 nitrogen and oxygen atoms in total. The molecule has 0 atom stereocenters. The number of hydrogen-bond donors (Lipinski definition) is 2. The fourth-order valence-corrected chi connectivity index (χ4v) is 1.56. The van der Waals surface area contributed by atoms with Gasteiger partial charge < -0.3 is 11.1 Å². The molecule has 0 aliphatic carbocycles. The van der Waals surface area contributed by atoms with Crippen molar-refractivity contribution in [2.45, 2.75) is 0 Å². The number of aromatic nitrogens is 3. The molecule has 2 heterocycles. The standard InChI is InChI=1S/C10H7BrClN5O/c11-7-3-16-9(4-14-7)17-10(18)5-1-8(12)15-2-6(5)13/h1-4H,13H2,(H,16,17,18). The van der Waals surface area contributed by atoms with Crippen LogP contribution < -0.4 is 11.1 Å². The number of nitrogens with zero attached hydrogens (tertiary/aromatic N) is 3. The van der Waals surface area contributed by atoms with E-state index in [0.29, 0.717) is 10.4 Å². The molecule has 0 unspecified atom stereocenters.